The number of carbonyl (C=O) groups is 2. The Morgan fingerprint density at radius 2 is 1.92 bits per heavy atom. The number of amides is 1. The largest absolute Gasteiger partial charge is 0.480 e. The van der Waals surface area contributed by atoms with E-state index in [2.05, 4.69) is 10.3 Å². The van der Waals surface area contributed by atoms with Gasteiger partial charge in [0.2, 0.25) is 5.91 Å². The number of hydrogen-bond acceptors (Lipinski definition) is 4. The molecule has 0 radical (unpaired) electrons. The van der Waals surface area contributed by atoms with Crippen LogP contribution in [0.4, 0.5) is 0 Å². The second-order valence-corrected chi connectivity index (χ2v) is 6.11. The first-order valence-electron chi connectivity index (χ1n) is 7.84. The number of hydrogen-bond donors (Lipinski definition) is 1. The van der Waals surface area contributed by atoms with Gasteiger partial charge in [-0.05, 0) is 25.0 Å². The molecule has 0 aliphatic heterocycles. The van der Waals surface area contributed by atoms with Crippen LogP contribution in [0.5, 0.6) is 0 Å². The first-order valence-corrected chi connectivity index (χ1v) is 7.84. The highest BCUT2D eigenvalue weighted by atomic mass is 16.4. The molecule has 0 atom stereocenters. The van der Waals surface area contributed by atoms with Crippen LogP contribution in [0.1, 0.15) is 25.2 Å². The molecule has 0 aliphatic rings. The van der Waals surface area contributed by atoms with E-state index in [1.165, 1.54) is 4.90 Å². The Morgan fingerprint density at radius 1 is 1.25 bits per heavy atom. The van der Waals surface area contributed by atoms with Gasteiger partial charge < -0.3 is 10.0 Å². The highest BCUT2D eigenvalue weighted by molar-refractivity contribution is 5.82. The highest BCUT2D eigenvalue weighted by Gasteiger charge is 2.21. The Hall–Kier alpha value is -2.70. The van der Waals surface area contributed by atoms with E-state index < -0.39 is 5.97 Å². The average molecular weight is 330 g/mol. The molecule has 0 spiro atoms. The van der Waals surface area contributed by atoms with Gasteiger partial charge in [0.05, 0.1) is 23.5 Å². The summed E-state index contributed by atoms with van der Waals surface area (Å²) >= 11 is 0. The minimum absolute atomic E-state index is 0.0403. The zero-order chi connectivity index (χ0) is 17.7. The summed E-state index contributed by atoms with van der Waals surface area (Å²) in [5.41, 5.74) is 2.20. The molecule has 0 unspecified atom stereocenters. The lowest BCUT2D eigenvalue weighted by atomic mass is 10.1. The normalized spacial score (nSPS) is 10.8. The lowest BCUT2D eigenvalue weighted by Gasteiger charge is -2.22. The van der Waals surface area contributed by atoms with Gasteiger partial charge in [-0.25, -0.2) is 4.68 Å². The molecular formula is C17H22N4O3. The van der Waals surface area contributed by atoms with Crippen LogP contribution in [0.2, 0.25) is 0 Å². The van der Waals surface area contributed by atoms with Crippen molar-refractivity contribution >= 4 is 11.9 Å². The smallest absolute Gasteiger partial charge is 0.323 e. The van der Waals surface area contributed by atoms with Crippen molar-refractivity contribution in [1.82, 2.24) is 19.9 Å². The van der Waals surface area contributed by atoms with E-state index in [0.717, 1.165) is 11.4 Å². The average Bonchev–Trinajstić information content (AvgIpc) is 2.87. The van der Waals surface area contributed by atoms with Crippen LogP contribution in [-0.2, 0) is 16.0 Å². The number of carboxylic acid groups (broad SMARTS) is 1. The molecule has 7 heteroatoms. The minimum atomic E-state index is -1.02. The van der Waals surface area contributed by atoms with Crippen molar-refractivity contribution in [3.8, 4) is 5.69 Å². The molecule has 1 heterocycles. The van der Waals surface area contributed by atoms with Gasteiger partial charge in [-0.3, -0.25) is 9.59 Å². The number of carboxylic acids is 1. The standard InChI is InChI=1S/C17H22N4O3/c1-12(2)10-20(11-17(23)24)16(22)9-15-13(3)21(19-18-15)14-7-5-4-6-8-14/h4-8,12H,9-11H2,1-3H3,(H,23,24). The summed E-state index contributed by atoms with van der Waals surface area (Å²) in [5.74, 6) is -1.09. The molecule has 0 bridgehead atoms. The van der Waals surface area contributed by atoms with E-state index in [0.29, 0.717) is 12.2 Å². The Bertz CT molecular complexity index is 710. The van der Waals surface area contributed by atoms with Crippen LogP contribution in [-0.4, -0.2) is 50.0 Å². The third-order valence-corrected chi connectivity index (χ3v) is 3.57. The summed E-state index contributed by atoms with van der Waals surface area (Å²) in [7, 11) is 0. The maximum absolute atomic E-state index is 12.5. The van der Waals surface area contributed by atoms with Gasteiger partial charge in [0.15, 0.2) is 0 Å². The zero-order valence-corrected chi connectivity index (χ0v) is 14.1. The molecule has 2 rings (SSSR count). The predicted octanol–water partition coefficient (Wildman–Crippen LogP) is 1.69. The Labute approximate surface area is 140 Å². The number of para-hydroxylation sites is 1. The first kappa shape index (κ1) is 17.7. The lowest BCUT2D eigenvalue weighted by Crippen LogP contribution is -2.39. The van der Waals surface area contributed by atoms with Crippen LogP contribution in [0, 0.1) is 12.8 Å². The molecule has 0 aliphatic carbocycles. The van der Waals surface area contributed by atoms with Crippen LogP contribution < -0.4 is 0 Å². The second-order valence-electron chi connectivity index (χ2n) is 6.11. The molecule has 1 N–H and O–H groups in total. The summed E-state index contributed by atoms with van der Waals surface area (Å²) < 4.78 is 1.67. The minimum Gasteiger partial charge on any atom is -0.480 e. The van der Waals surface area contributed by atoms with E-state index in [4.69, 9.17) is 5.11 Å². The predicted molar refractivity (Wildman–Crippen MR) is 88.9 cm³/mol. The summed E-state index contributed by atoms with van der Waals surface area (Å²) in [5, 5.41) is 17.2. The number of rotatable bonds is 7. The van der Waals surface area contributed by atoms with Crippen LogP contribution in [0.25, 0.3) is 5.69 Å². The number of benzene rings is 1. The maximum Gasteiger partial charge on any atom is 0.323 e. The topological polar surface area (TPSA) is 88.3 Å². The highest BCUT2D eigenvalue weighted by Crippen LogP contribution is 2.13. The van der Waals surface area contributed by atoms with Crippen molar-refractivity contribution in [2.75, 3.05) is 13.1 Å². The molecule has 1 aromatic heterocycles. The quantitative estimate of drug-likeness (QED) is 0.834. The van der Waals surface area contributed by atoms with Gasteiger partial charge in [-0.1, -0.05) is 37.3 Å². The fourth-order valence-electron chi connectivity index (χ4n) is 2.45. The monoisotopic (exact) mass is 330 g/mol. The molecule has 1 amide bonds. The summed E-state index contributed by atoms with van der Waals surface area (Å²) in [6.07, 6.45) is 0.0403. The van der Waals surface area contributed by atoms with Gasteiger partial charge >= 0.3 is 5.97 Å². The lowest BCUT2D eigenvalue weighted by molar-refractivity contribution is -0.144. The van der Waals surface area contributed by atoms with E-state index in [9.17, 15) is 9.59 Å². The Kier molecular flexibility index (Phi) is 5.68. The fourth-order valence-corrected chi connectivity index (χ4v) is 2.45. The molecule has 7 nitrogen and oxygen atoms in total. The second kappa shape index (κ2) is 7.72. The molecule has 0 saturated heterocycles. The van der Waals surface area contributed by atoms with Crippen molar-refractivity contribution in [3.63, 3.8) is 0 Å². The number of aliphatic carboxylic acids is 1. The maximum atomic E-state index is 12.5. The van der Waals surface area contributed by atoms with Crippen LogP contribution >= 0.6 is 0 Å². The van der Waals surface area contributed by atoms with Gasteiger partial charge in [-0.15, -0.1) is 5.10 Å². The summed E-state index contributed by atoms with van der Waals surface area (Å²) in [6.45, 7) is 5.83. The number of carbonyl (C=O) groups excluding carboxylic acids is 1. The van der Waals surface area contributed by atoms with Gasteiger partial charge in [0, 0.05) is 6.54 Å². The van der Waals surface area contributed by atoms with E-state index in [1.807, 2.05) is 51.1 Å². The Balaban J connectivity index is 2.16. The van der Waals surface area contributed by atoms with Gasteiger partial charge in [0.25, 0.3) is 0 Å². The van der Waals surface area contributed by atoms with Crippen LogP contribution in [0.3, 0.4) is 0 Å². The first-order chi connectivity index (χ1) is 11.4. The van der Waals surface area contributed by atoms with Crippen molar-refractivity contribution in [1.29, 1.82) is 0 Å². The Morgan fingerprint density at radius 3 is 2.50 bits per heavy atom. The summed E-state index contributed by atoms with van der Waals surface area (Å²) in [6, 6.07) is 9.53. The molecule has 24 heavy (non-hydrogen) atoms. The number of aromatic nitrogens is 3. The van der Waals surface area contributed by atoms with Crippen molar-refractivity contribution in [2.45, 2.75) is 27.2 Å². The van der Waals surface area contributed by atoms with Gasteiger partial charge in [-0.2, -0.15) is 0 Å². The van der Waals surface area contributed by atoms with E-state index in [-0.39, 0.29) is 24.8 Å². The zero-order valence-electron chi connectivity index (χ0n) is 14.1. The summed E-state index contributed by atoms with van der Waals surface area (Å²) in [4.78, 5) is 24.8. The van der Waals surface area contributed by atoms with Crippen molar-refractivity contribution < 1.29 is 14.7 Å². The molecule has 0 saturated carbocycles. The van der Waals surface area contributed by atoms with E-state index >= 15 is 0 Å². The molecule has 0 fully saturated rings. The number of nitrogens with zero attached hydrogens (tertiary/aromatic N) is 4. The van der Waals surface area contributed by atoms with E-state index in [1.54, 1.807) is 4.68 Å². The van der Waals surface area contributed by atoms with Crippen molar-refractivity contribution in [2.24, 2.45) is 5.92 Å². The molecule has 128 valence electrons. The fraction of sp³-hybridized carbons (Fsp3) is 0.412. The third kappa shape index (κ3) is 4.41. The van der Waals surface area contributed by atoms with Gasteiger partial charge in [0.1, 0.15) is 6.54 Å². The van der Waals surface area contributed by atoms with Crippen molar-refractivity contribution in [3.05, 3.63) is 41.7 Å². The SMILES string of the molecule is Cc1c(CC(=O)N(CC(=O)O)CC(C)C)nnn1-c1ccccc1. The molecular weight excluding hydrogens is 308 g/mol. The third-order valence-electron chi connectivity index (χ3n) is 3.57. The van der Waals surface area contributed by atoms with Crippen LogP contribution in [0.15, 0.2) is 30.3 Å². The molecule has 1 aromatic carbocycles. The molecule has 2 aromatic rings.